The summed E-state index contributed by atoms with van der Waals surface area (Å²) in [5, 5.41) is 16.8. The highest BCUT2D eigenvalue weighted by atomic mass is 32.2. The fourth-order valence-corrected chi connectivity index (χ4v) is 8.58. The number of fused-ring (bicyclic) bond motifs is 1. The van der Waals surface area contributed by atoms with Crippen LogP contribution in [0.3, 0.4) is 0 Å². The summed E-state index contributed by atoms with van der Waals surface area (Å²) in [6.45, 7) is 9.57. The maximum absolute atomic E-state index is 14.4. The van der Waals surface area contributed by atoms with Gasteiger partial charge in [0.15, 0.2) is 5.82 Å². The van der Waals surface area contributed by atoms with E-state index in [1.165, 1.54) is 0 Å². The van der Waals surface area contributed by atoms with Crippen molar-refractivity contribution in [2.75, 3.05) is 6.61 Å². The monoisotopic (exact) mass is 630 g/mol. The predicted molar refractivity (Wildman–Crippen MR) is 180 cm³/mol. The molecule has 8 nitrogen and oxygen atoms in total. The molecule has 3 atom stereocenters. The number of ether oxygens (including phenoxy) is 1. The fourth-order valence-electron chi connectivity index (χ4n) is 6.95. The topological polar surface area (TPSA) is 85.2 Å². The predicted octanol–water partition coefficient (Wildman–Crippen LogP) is 6.11. The molecular formula is C37H38N6O2S. The summed E-state index contributed by atoms with van der Waals surface area (Å²) in [6.07, 6.45) is 0. The van der Waals surface area contributed by atoms with E-state index in [-0.39, 0.29) is 22.1 Å². The van der Waals surface area contributed by atoms with Crippen LogP contribution in [0.4, 0.5) is 0 Å². The van der Waals surface area contributed by atoms with Crippen LogP contribution in [-0.2, 0) is 16.9 Å². The van der Waals surface area contributed by atoms with Crippen LogP contribution in [0.15, 0.2) is 109 Å². The number of benzene rings is 4. The highest BCUT2D eigenvalue weighted by Crippen LogP contribution is 2.57. The molecule has 0 radical (unpaired) electrons. The normalized spacial score (nSPS) is 20.3. The Labute approximate surface area is 274 Å². The van der Waals surface area contributed by atoms with E-state index in [4.69, 9.17) is 4.74 Å². The summed E-state index contributed by atoms with van der Waals surface area (Å²) >= 11 is 1.80. The Kier molecular flexibility index (Phi) is 7.90. The minimum atomic E-state index is -0.751. The van der Waals surface area contributed by atoms with Crippen LogP contribution in [0, 0.1) is 6.92 Å². The van der Waals surface area contributed by atoms with Crippen molar-refractivity contribution in [3.63, 3.8) is 0 Å². The van der Waals surface area contributed by atoms with Crippen molar-refractivity contribution >= 4 is 17.7 Å². The second kappa shape index (κ2) is 12.0. The Morgan fingerprint density at radius 2 is 1.54 bits per heavy atom. The first-order chi connectivity index (χ1) is 22.3. The number of carbonyl (C=O) groups is 1. The molecule has 3 heterocycles. The number of carbonyl (C=O) groups excluding carboxylic acids is 1. The zero-order valence-corrected chi connectivity index (χ0v) is 27.3. The maximum Gasteiger partial charge on any atom is 0.244 e. The number of nitrogens with one attached hydrogen (secondary N) is 1. The van der Waals surface area contributed by atoms with E-state index < -0.39 is 11.6 Å². The van der Waals surface area contributed by atoms with E-state index in [1.54, 1.807) is 11.8 Å². The van der Waals surface area contributed by atoms with Gasteiger partial charge in [-0.1, -0.05) is 103 Å². The largest absolute Gasteiger partial charge is 0.494 e. The number of tetrazole rings is 1. The van der Waals surface area contributed by atoms with Crippen molar-refractivity contribution in [2.45, 2.75) is 62.0 Å². The molecule has 0 saturated carbocycles. The zero-order chi connectivity index (χ0) is 31.9. The summed E-state index contributed by atoms with van der Waals surface area (Å²) < 4.78 is 7.11. The third kappa shape index (κ3) is 5.17. The lowest BCUT2D eigenvalue weighted by Gasteiger charge is -2.49. The first kappa shape index (κ1) is 30.2. The molecule has 9 heteroatoms. The second-order valence-electron chi connectivity index (χ2n) is 12.5. The van der Waals surface area contributed by atoms with Gasteiger partial charge in [-0.15, -0.1) is 16.9 Å². The first-order valence-electron chi connectivity index (χ1n) is 15.8. The van der Waals surface area contributed by atoms with Gasteiger partial charge >= 0.3 is 0 Å². The summed E-state index contributed by atoms with van der Waals surface area (Å²) in [4.78, 5) is 16.4. The third-order valence-corrected chi connectivity index (χ3v) is 10.6. The van der Waals surface area contributed by atoms with Gasteiger partial charge in [-0.2, -0.15) is 0 Å². The quantitative estimate of drug-likeness (QED) is 0.147. The van der Waals surface area contributed by atoms with Gasteiger partial charge in [0.05, 0.1) is 18.7 Å². The molecule has 0 bridgehead atoms. The summed E-state index contributed by atoms with van der Waals surface area (Å²) in [5.74, 6) is 1.57. The first-order valence-corrected chi connectivity index (χ1v) is 16.6. The molecule has 1 N–H and O–H groups in total. The Balaban J connectivity index is 1.24. The molecular weight excluding hydrogens is 593 g/mol. The highest BCUT2D eigenvalue weighted by Gasteiger charge is 2.64. The molecule has 2 aliphatic heterocycles. The smallest absolute Gasteiger partial charge is 0.244 e. The molecule has 46 heavy (non-hydrogen) atoms. The van der Waals surface area contributed by atoms with Crippen LogP contribution in [0.2, 0.25) is 0 Å². The van der Waals surface area contributed by atoms with Gasteiger partial charge in [0.25, 0.3) is 0 Å². The maximum atomic E-state index is 14.4. The Morgan fingerprint density at radius 1 is 0.891 bits per heavy atom. The van der Waals surface area contributed by atoms with Crippen molar-refractivity contribution in [3.05, 3.63) is 143 Å². The zero-order valence-electron chi connectivity index (χ0n) is 26.5. The lowest BCUT2D eigenvalue weighted by Crippen LogP contribution is -2.70. The lowest BCUT2D eigenvalue weighted by molar-refractivity contribution is -0.150. The Hall–Kier alpha value is -4.47. The molecule has 2 saturated heterocycles. The average molecular weight is 631 g/mol. The van der Waals surface area contributed by atoms with Crippen molar-refractivity contribution in [2.24, 2.45) is 0 Å². The van der Waals surface area contributed by atoms with Gasteiger partial charge in [-0.3, -0.25) is 10.1 Å². The van der Waals surface area contributed by atoms with Gasteiger partial charge in [0.2, 0.25) is 5.91 Å². The standard InChI is InChI=1S/C37H38N6O2S/c1-5-45-30-21-19-26(20-22-30)24-42-33(39-40-41-42)32-36(3,4)46-35-31(34(44)43(32)35)38-37(27-14-8-6-9-15-27,28-16-10-7-11-17-28)29-18-12-13-25(2)23-29/h6-23,31-32,35,38H,5,24H2,1-4H3. The van der Waals surface area contributed by atoms with E-state index in [0.717, 1.165) is 33.6 Å². The van der Waals surface area contributed by atoms with Crippen LogP contribution < -0.4 is 10.1 Å². The van der Waals surface area contributed by atoms with Crippen molar-refractivity contribution in [3.8, 4) is 5.75 Å². The van der Waals surface area contributed by atoms with Crippen LogP contribution in [0.25, 0.3) is 0 Å². The van der Waals surface area contributed by atoms with E-state index in [9.17, 15) is 4.79 Å². The van der Waals surface area contributed by atoms with Crippen molar-refractivity contribution in [1.82, 2.24) is 30.4 Å². The minimum absolute atomic E-state index is 0.0487. The van der Waals surface area contributed by atoms with Crippen LogP contribution in [0.5, 0.6) is 5.75 Å². The van der Waals surface area contributed by atoms with E-state index >= 15 is 0 Å². The van der Waals surface area contributed by atoms with E-state index in [0.29, 0.717) is 19.0 Å². The molecule has 3 unspecified atom stereocenters. The number of aryl methyl sites for hydroxylation is 1. The molecule has 1 amide bonds. The number of thioether (sulfide) groups is 1. The molecule has 2 aliphatic rings. The molecule has 7 rings (SSSR count). The van der Waals surface area contributed by atoms with Gasteiger partial charge in [0, 0.05) is 4.75 Å². The number of rotatable bonds is 10. The van der Waals surface area contributed by atoms with Crippen LogP contribution in [-0.4, -0.2) is 53.8 Å². The molecule has 0 spiro atoms. The molecule has 1 aromatic heterocycles. The minimum Gasteiger partial charge on any atom is -0.494 e. The molecule has 4 aromatic carbocycles. The number of hydrogen-bond donors (Lipinski definition) is 1. The van der Waals surface area contributed by atoms with Crippen LogP contribution >= 0.6 is 11.8 Å². The summed E-state index contributed by atoms with van der Waals surface area (Å²) in [5.41, 5.74) is 4.72. The Bertz CT molecular complexity index is 1790. The second-order valence-corrected chi connectivity index (χ2v) is 14.3. The van der Waals surface area contributed by atoms with Gasteiger partial charge in [0.1, 0.15) is 23.2 Å². The van der Waals surface area contributed by atoms with Crippen LogP contribution in [0.1, 0.15) is 60.5 Å². The number of nitrogens with zero attached hydrogens (tertiary/aromatic N) is 5. The van der Waals surface area contributed by atoms with Gasteiger partial charge < -0.3 is 9.64 Å². The van der Waals surface area contributed by atoms with E-state index in [1.807, 2.05) is 52.9 Å². The van der Waals surface area contributed by atoms with E-state index in [2.05, 4.69) is 114 Å². The number of β-lactam (4-membered cyclic amide) rings is 1. The number of hydrogen-bond acceptors (Lipinski definition) is 7. The van der Waals surface area contributed by atoms with Crippen molar-refractivity contribution < 1.29 is 9.53 Å². The summed E-state index contributed by atoms with van der Waals surface area (Å²) in [7, 11) is 0. The summed E-state index contributed by atoms with van der Waals surface area (Å²) in [6, 6.07) is 36.7. The van der Waals surface area contributed by atoms with Gasteiger partial charge in [-0.25, -0.2) is 4.68 Å². The number of amides is 1. The number of aromatic nitrogens is 4. The molecule has 2 fully saturated rings. The van der Waals surface area contributed by atoms with Crippen molar-refractivity contribution in [1.29, 1.82) is 0 Å². The van der Waals surface area contributed by atoms with Gasteiger partial charge in [-0.05, 0) is 72.5 Å². The average Bonchev–Trinajstić information content (AvgIpc) is 3.62. The lowest BCUT2D eigenvalue weighted by atomic mass is 9.75. The molecule has 234 valence electrons. The highest BCUT2D eigenvalue weighted by molar-refractivity contribution is 8.01. The molecule has 5 aromatic rings. The SMILES string of the molecule is CCOc1ccc(Cn2nnnc2C2N3C(=O)C(NC(c4ccccc4)(c4ccccc4)c4cccc(C)c4)C3SC2(C)C)cc1. The molecule has 0 aliphatic carbocycles. The Morgan fingerprint density at radius 3 is 2.17 bits per heavy atom. The fraction of sp³-hybridized carbons (Fsp3) is 0.297. The third-order valence-electron chi connectivity index (χ3n) is 9.05.